The van der Waals surface area contributed by atoms with E-state index in [9.17, 15) is 4.79 Å². The third-order valence-electron chi connectivity index (χ3n) is 4.08. The van der Waals surface area contributed by atoms with Gasteiger partial charge in [-0.3, -0.25) is 4.79 Å². The maximum absolute atomic E-state index is 11.9. The number of hydrogen-bond acceptors (Lipinski definition) is 2. The number of nitrogens with two attached hydrogens (primary N) is 1. The molecule has 108 valence electrons. The minimum absolute atomic E-state index is 0.335. The summed E-state index contributed by atoms with van der Waals surface area (Å²) in [7, 11) is 0. The Morgan fingerprint density at radius 3 is 2.35 bits per heavy atom. The van der Waals surface area contributed by atoms with Crippen molar-refractivity contribution in [2.75, 3.05) is 0 Å². The number of carbonyl (C=O) groups is 1. The van der Waals surface area contributed by atoms with Gasteiger partial charge in [0, 0.05) is 27.9 Å². The van der Waals surface area contributed by atoms with E-state index in [2.05, 4.69) is 32.3 Å². The standard InChI is InChI=1S/C16H22N2OS/c1-9(2)10(3)18-11(4)14(13-7-6-8-20-13)15(12(18)5)16(17)19/h6-10H,1-5H3,(H2,17,19). The Morgan fingerprint density at radius 2 is 1.90 bits per heavy atom. The molecule has 1 unspecified atom stereocenters. The van der Waals surface area contributed by atoms with Crippen LogP contribution in [0.3, 0.4) is 0 Å². The fourth-order valence-electron chi connectivity index (χ4n) is 2.79. The third-order valence-corrected chi connectivity index (χ3v) is 4.97. The molecule has 2 rings (SSSR count). The van der Waals surface area contributed by atoms with E-state index in [1.807, 2.05) is 24.4 Å². The summed E-state index contributed by atoms with van der Waals surface area (Å²) in [4.78, 5) is 13.0. The first-order valence-corrected chi connectivity index (χ1v) is 7.79. The number of hydrogen-bond donors (Lipinski definition) is 1. The fraction of sp³-hybridized carbons (Fsp3) is 0.438. The summed E-state index contributed by atoms with van der Waals surface area (Å²) in [5.74, 6) is 0.153. The molecule has 0 aliphatic heterocycles. The largest absolute Gasteiger partial charge is 0.366 e. The first-order chi connectivity index (χ1) is 9.36. The average Bonchev–Trinajstić information content (AvgIpc) is 2.94. The zero-order chi connectivity index (χ0) is 15.0. The highest BCUT2D eigenvalue weighted by Gasteiger charge is 2.26. The van der Waals surface area contributed by atoms with Crippen molar-refractivity contribution in [1.82, 2.24) is 4.57 Å². The van der Waals surface area contributed by atoms with E-state index in [1.54, 1.807) is 11.3 Å². The van der Waals surface area contributed by atoms with Crippen LogP contribution in [0.15, 0.2) is 17.5 Å². The number of primary amides is 1. The Labute approximate surface area is 124 Å². The molecule has 0 radical (unpaired) electrons. The molecule has 0 aromatic carbocycles. The number of aromatic nitrogens is 1. The van der Waals surface area contributed by atoms with Crippen LogP contribution in [0, 0.1) is 19.8 Å². The van der Waals surface area contributed by atoms with Crippen LogP contribution in [-0.4, -0.2) is 10.5 Å². The Balaban J connectivity index is 2.74. The Hall–Kier alpha value is -1.55. The van der Waals surface area contributed by atoms with Crippen molar-refractivity contribution >= 4 is 17.2 Å². The Morgan fingerprint density at radius 1 is 1.25 bits per heavy atom. The van der Waals surface area contributed by atoms with E-state index in [0.717, 1.165) is 21.8 Å². The van der Waals surface area contributed by atoms with Gasteiger partial charge in [-0.05, 0) is 38.1 Å². The highest BCUT2D eigenvalue weighted by Crippen LogP contribution is 2.37. The van der Waals surface area contributed by atoms with Crippen molar-refractivity contribution in [2.45, 2.75) is 40.7 Å². The van der Waals surface area contributed by atoms with Crippen molar-refractivity contribution in [1.29, 1.82) is 0 Å². The normalized spacial score (nSPS) is 12.9. The summed E-state index contributed by atoms with van der Waals surface area (Å²) in [5, 5.41) is 2.03. The predicted octanol–water partition coefficient (Wildman–Crippen LogP) is 4.15. The molecule has 2 aromatic rings. The van der Waals surface area contributed by atoms with E-state index in [-0.39, 0.29) is 5.91 Å². The second-order valence-electron chi connectivity index (χ2n) is 5.62. The van der Waals surface area contributed by atoms with Gasteiger partial charge in [0.15, 0.2) is 0 Å². The van der Waals surface area contributed by atoms with Crippen LogP contribution in [0.5, 0.6) is 0 Å². The van der Waals surface area contributed by atoms with Crippen LogP contribution >= 0.6 is 11.3 Å². The minimum Gasteiger partial charge on any atom is -0.366 e. The zero-order valence-electron chi connectivity index (χ0n) is 12.7. The second kappa shape index (κ2) is 5.44. The van der Waals surface area contributed by atoms with Gasteiger partial charge in [-0.25, -0.2) is 0 Å². The van der Waals surface area contributed by atoms with Gasteiger partial charge in [-0.2, -0.15) is 0 Å². The molecule has 0 saturated heterocycles. The fourth-order valence-corrected chi connectivity index (χ4v) is 3.62. The first-order valence-electron chi connectivity index (χ1n) is 6.91. The van der Waals surface area contributed by atoms with E-state index in [1.165, 1.54) is 0 Å². The van der Waals surface area contributed by atoms with Gasteiger partial charge in [-0.1, -0.05) is 19.9 Å². The van der Waals surface area contributed by atoms with Gasteiger partial charge >= 0.3 is 0 Å². The molecule has 0 fully saturated rings. The number of thiophene rings is 1. The predicted molar refractivity (Wildman–Crippen MR) is 85.3 cm³/mol. The second-order valence-corrected chi connectivity index (χ2v) is 6.56. The molecule has 2 aromatic heterocycles. The molecular formula is C16H22N2OS. The smallest absolute Gasteiger partial charge is 0.251 e. The van der Waals surface area contributed by atoms with Gasteiger partial charge in [0.05, 0.1) is 5.56 Å². The van der Waals surface area contributed by atoms with E-state index >= 15 is 0 Å². The van der Waals surface area contributed by atoms with E-state index in [0.29, 0.717) is 17.5 Å². The Kier molecular flexibility index (Phi) is 4.04. The molecule has 1 amide bonds. The lowest BCUT2D eigenvalue weighted by Gasteiger charge is -2.22. The summed E-state index contributed by atoms with van der Waals surface area (Å²) in [6.07, 6.45) is 0. The van der Waals surface area contributed by atoms with Gasteiger partial charge in [0.1, 0.15) is 0 Å². The van der Waals surface area contributed by atoms with Gasteiger partial charge < -0.3 is 10.3 Å². The lowest BCUT2D eigenvalue weighted by atomic mass is 10.1. The first kappa shape index (κ1) is 14.9. The number of carbonyl (C=O) groups excluding carboxylic acids is 1. The summed E-state index contributed by atoms with van der Waals surface area (Å²) in [6, 6.07) is 4.38. The molecule has 0 aliphatic rings. The molecule has 20 heavy (non-hydrogen) atoms. The molecule has 2 heterocycles. The van der Waals surface area contributed by atoms with Crippen LogP contribution < -0.4 is 5.73 Å². The van der Waals surface area contributed by atoms with Crippen molar-refractivity contribution in [2.24, 2.45) is 11.7 Å². The van der Waals surface area contributed by atoms with Crippen LogP contribution in [0.2, 0.25) is 0 Å². The SMILES string of the molecule is Cc1c(C(N)=O)c(-c2cccs2)c(C)n1C(C)C(C)C. The van der Waals surface area contributed by atoms with Gasteiger partial charge in [-0.15, -0.1) is 11.3 Å². The lowest BCUT2D eigenvalue weighted by Crippen LogP contribution is -2.16. The maximum Gasteiger partial charge on any atom is 0.251 e. The number of amides is 1. The van der Waals surface area contributed by atoms with Gasteiger partial charge in [0.2, 0.25) is 0 Å². The van der Waals surface area contributed by atoms with Crippen molar-refractivity contribution < 1.29 is 4.79 Å². The van der Waals surface area contributed by atoms with E-state index < -0.39 is 0 Å². The average molecular weight is 290 g/mol. The topological polar surface area (TPSA) is 48.0 Å². The number of rotatable bonds is 4. The van der Waals surface area contributed by atoms with E-state index in [4.69, 9.17) is 5.73 Å². The van der Waals surface area contributed by atoms with Crippen molar-refractivity contribution in [3.8, 4) is 10.4 Å². The van der Waals surface area contributed by atoms with Crippen LogP contribution in [0.1, 0.15) is 48.6 Å². The monoisotopic (exact) mass is 290 g/mol. The molecule has 0 aliphatic carbocycles. The quantitative estimate of drug-likeness (QED) is 0.903. The van der Waals surface area contributed by atoms with Crippen LogP contribution in [-0.2, 0) is 0 Å². The summed E-state index contributed by atoms with van der Waals surface area (Å²) in [5.41, 5.74) is 9.39. The molecule has 2 N–H and O–H groups in total. The van der Waals surface area contributed by atoms with Crippen LogP contribution in [0.4, 0.5) is 0 Å². The number of nitrogens with zero attached hydrogens (tertiary/aromatic N) is 1. The molecule has 0 spiro atoms. The zero-order valence-corrected chi connectivity index (χ0v) is 13.5. The summed E-state index contributed by atoms with van der Waals surface area (Å²) in [6.45, 7) is 10.6. The van der Waals surface area contributed by atoms with Gasteiger partial charge in [0.25, 0.3) is 5.91 Å². The minimum atomic E-state index is -0.344. The molecule has 0 saturated carbocycles. The third kappa shape index (κ3) is 2.29. The highest BCUT2D eigenvalue weighted by molar-refractivity contribution is 7.13. The molecule has 1 atom stereocenters. The lowest BCUT2D eigenvalue weighted by molar-refractivity contribution is 0.1000. The maximum atomic E-state index is 11.9. The van der Waals surface area contributed by atoms with Crippen molar-refractivity contribution in [3.05, 3.63) is 34.5 Å². The molecule has 4 heteroatoms. The molecular weight excluding hydrogens is 268 g/mol. The summed E-state index contributed by atoms with van der Waals surface area (Å²) >= 11 is 1.64. The summed E-state index contributed by atoms with van der Waals surface area (Å²) < 4.78 is 2.25. The highest BCUT2D eigenvalue weighted by atomic mass is 32.1. The van der Waals surface area contributed by atoms with Crippen molar-refractivity contribution in [3.63, 3.8) is 0 Å². The van der Waals surface area contributed by atoms with Crippen LogP contribution in [0.25, 0.3) is 10.4 Å². The Bertz CT molecular complexity index is 623. The molecule has 0 bridgehead atoms. The molecule has 3 nitrogen and oxygen atoms in total.